The quantitative estimate of drug-likeness (QED) is 0.404. The third kappa shape index (κ3) is 4.13. The van der Waals surface area contributed by atoms with Gasteiger partial charge >= 0.3 is 7.01 Å². The lowest BCUT2D eigenvalue weighted by Crippen LogP contribution is -2.41. The number of alkyl halides is 1. The molecule has 2 nitrogen and oxygen atoms in total. The van der Waals surface area contributed by atoms with Crippen LogP contribution in [0.5, 0.6) is 0 Å². The predicted octanol–water partition coefficient (Wildman–Crippen LogP) is 4.33. The summed E-state index contributed by atoms with van der Waals surface area (Å²) in [5.74, 6) is 0. The van der Waals surface area contributed by atoms with Gasteiger partial charge in [0.1, 0.15) is 0 Å². The van der Waals surface area contributed by atoms with Crippen molar-refractivity contribution in [3.05, 3.63) is 0 Å². The molecule has 0 saturated carbocycles. The van der Waals surface area contributed by atoms with Gasteiger partial charge in [0, 0.05) is 3.42 Å². The Bertz CT molecular complexity index is 306. The van der Waals surface area contributed by atoms with Crippen LogP contribution in [-0.2, 0) is 9.31 Å². The molecule has 0 atom stereocenters. The van der Waals surface area contributed by atoms with Gasteiger partial charge in [0.2, 0.25) is 0 Å². The molecule has 1 rings (SSSR count). The van der Waals surface area contributed by atoms with Crippen LogP contribution in [0.3, 0.4) is 0 Å². The van der Waals surface area contributed by atoms with E-state index in [0.29, 0.717) is 5.41 Å². The summed E-state index contributed by atoms with van der Waals surface area (Å²) in [4.78, 5) is 0. The minimum atomic E-state index is -0.230. The molecule has 1 radical (unpaired) electrons. The van der Waals surface area contributed by atoms with Crippen molar-refractivity contribution in [1.29, 1.82) is 0 Å². The molecule has 1 heterocycles. The molecule has 1 aliphatic heterocycles. The summed E-state index contributed by atoms with van der Waals surface area (Å²) >= 11 is 2.54. The summed E-state index contributed by atoms with van der Waals surface area (Å²) < 4.78 is 12.3. The largest absolute Gasteiger partial charge is 0.410 e. The average molecular weight is 377 g/mol. The molecule has 1 fully saturated rings. The van der Waals surface area contributed by atoms with Crippen molar-refractivity contribution >= 4 is 36.8 Å². The van der Waals surface area contributed by atoms with Crippen molar-refractivity contribution in [2.45, 2.75) is 82.8 Å². The zero-order valence-corrected chi connectivity index (χ0v) is 15.9. The molecule has 0 aromatic heterocycles. The van der Waals surface area contributed by atoms with Gasteiger partial charge in [0.15, 0.2) is 7.17 Å². The Morgan fingerprint density at radius 2 is 1.42 bits per heavy atom. The zero-order chi connectivity index (χ0) is 15.1. The monoisotopic (exact) mass is 377 g/mol. The SMILES string of the molecule is CC(C)(I)C(C)(C)CC[B]B1OC(C)(C)C(C)(C)O1. The minimum Gasteiger partial charge on any atom is -0.410 e. The second-order valence-electron chi connectivity index (χ2n) is 7.76. The molecule has 0 aliphatic carbocycles. The molecule has 0 spiro atoms. The molecule has 0 unspecified atom stereocenters. The fourth-order valence-corrected chi connectivity index (χ4v) is 2.13. The molecular weight excluding hydrogens is 349 g/mol. The molecule has 0 amide bonds. The Morgan fingerprint density at radius 1 is 1.00 bits per heavy atom. The van der Waals surface area contributed by atoms with Crippen molar-refractivity contribution in [2.24, 2.45) is 5.41 Å². The van der Waals surface area contributed by atoms with E-state index < -0.39 is 0 Å². The molecule has 0 aromatic rings. The van der Waals surface area contributed by atoms with E-state index in [4.69, 9.17) is 9.31 Å². The predicted molar refractivity (Wildman–Crippen MR) is 93.1 cm³/mol. The van der Waals surface area contributed by atoms with Gasteiger partial charge in [0.25, 0.3) is 0 Å². The van der Waals surface area contributed by atoms with E-state index in [1.54, 1.807) is 0 Å². The lowest BCUT2D eigenvalue weighted by Gasteiger charge is -2.37. The van der Waals surface area contributed by atoms with Crippen LogP contribution >= 0.6 is 22.6 Å². The van der Waals surface area contributed by atoms with E-state index in [1.165, 1.54) is 0 Å². The summed E-state index contributed by atoms with van der Waals surface area (Å²) in [6.45, 7) is 17.6. The Labute approximate surface area is 134 Å². The van der Waals surface area contributed by atoms with Gasteiger partial charge < -0.3 is 9.31 Å². The van der Waals surface area contributed by atoms with E-state index in [-0.39, 0.29) is 21.6 Å². The standard InChI is InChI=1S/C14H28B2IO2/c1-11(2,12(3,4)17)9-10-15-16-18-13(5,6)14(7,8)19-16/h9-10H2,1-8H3. The molecule has 0 N–H and O–H groups in total. The molecular formula is C14H28B2IO2. The van der Waals surface area contributed by atoms with Gasteiger partial charge in [-0.3, -0.25) is 0 Å². The van der Waals surface area contributed by atoms with Crippen LogP contribution in [0.1, 0.15) is 61.8 Å². The van der Waals surface area contributed by atoms with E-state index in [9.17, 15) is 0 Å². The molecule has 0 bridgehead atoms. The van der Waals surface area contributed by atoms with Crippen LogP contribution in [-0.4, -0.2) is 28.8 Å². The van der Waals surface area contributed by atoms with Crippen LogP contribution < -0.4 is 0 Å². The van der Waals surface area contributed by atoms with Gasteiger partial charge in [-0.25, -0.2) is 0 Å². The highest BCUT2D eigenvalue weighted by atomic mass is 127. The van der Waals surface area contributed by atoms with Crippen molar-refractivity contribution in [3.8, 4) is 0 Å². The van der Waals surface area contributed by atoms with Crippen molar-refractivity contribution in [2.75, 3.05) is 0 Å². The first-order valence-electron chi connectivity index (χ1n) is 7.16. The van der Waals surface area contributed by atoms with Gasteiger partial charge in [-0.05, 0) is 33.1 Å². The normalized spacial score (nSPS) is 22.7. The van der Waals surface area contributed by atoms with Crippen LogP contribution in [0.2, 0.25) is 6.32 Å². The summed E-state index contributed by atoms with van der Waals surface area (Å²) in [5.41, 5.74) is -0.161. The maximum absolute atomic E-state index is 5.98. The summed E-state index contributed by atoms with van der Waals surface area (Å²) in [6, 6.07) is 0. The van der Waals surface area contributed by atoms with Gasteiger partial charge in [-0.15, -0.1) is 0 Å². The zero-order valence-electron chi connectivity index (χ0n) is 13.8. The van der Waals surface area contributed by atoms with Crippen molar-refractivity contribution in [3.63, 3.8) is 0 Å². The highest BCUT2D eigenvalue weighted by molar-refractivity contribution is 14.1. The van der Waals surface area contributed by atoms with Crippen LogP contribution in [0, 0.1) is 5.41 Å². The first kappa shape index (κ1) is 17.8. The minimum absolute atomic E-state index is 0.168. The van der Waals surface area contributed by atoms with Gasteiger partial charge in [0.05, 0.1) is 11.2 Å². The number of hydrogen-bond donors (Lipinski definition) is 0. The Balaban J connectivity index is 2.45. The number of rotatable bonds is 5. The Kier molecular flexibility index (Phi) is 5.18. The lowest BCUT2D eigenvalue weighted by atomic mass is 9.41. The molecule has 0 aromatic carbocycles. The summed E-state index contributed by atoms with van der Waals surface area (Å²) in [5, 5.41) is 0. The highest BCUT2D eigenvalue weighted by Crippen LogP contribution is 2.42. The molecule has 5 heteroatoms. The van der Waals surface area contributed by atoms with Gasteiger partial charge in [-0.1, -0.05) is 63.0 Å². The molecule has 19 heavy (non-hydrogen) atoms. The van der Waals surface area contributed by atoms with Gasteiger partial charge in [-0.2, -0.15) is 0 Å². The third-order valence-electron chi connectivity index (χ3n) is 5.01. The smallest absolute Gasteiger partial charge is 0.398 e. The highest BCUT2D eigenvalue weighted by Gasteiger charge is 2.50. The maximum Gasteiger partial charge on any atom is 0.398 e. The Hall–Kier alpha value is 0.780. The van der Waals surface area contributed by atoms with Crippen LogP contribution in [0.4, 0.5) is 0 Å². The average Bonchev–Trinajstić information content (AvgIpc) is 2.32. The fourth-order valence-electron chi connectivity index (χ4n) is 1.86. The van der Waals surface area contributed by atoms with Crippen LogP contribution in [0.15, 0.2) is 0 Å². The van der Waals surface area contributed by atoms with Crippen molar-refractivity contribution in [1.82, 2.24) is 0 Å². The van der Waals surface area contributed by atoms with E-state index >= 15 is 0 Å². The lowest BCUT2D eigenvalue weighted by molar-refractivity contribution is 0.00578. The maximum atomic E-state index is 5.98. The molecule has 109 valence electrons. The molecule has 1 aliphatic rings. The fraction of sp³-hybridized carbons (Fsp3) is 1.00. The first-order valence-corrected chi connectivity index (χ1v) is 8.24. The second-order valence-corrected chi connectivity index (χ2v) is 10.5. The Morgan fingerprint density at radius 3 is 1.79 bits per heavy atom. The summed E-state index contributed by atoms with van der Waals surface area (Å²) in [6.07, 6.45) is 2.17. The van der Waals surface area contributed by atoms with E-state index in [1.807, 2.05) is 0 Å². The van der Waals surface area contributed by atoms with E-state index in [0.717, 1.165) is 12.7 Å². The third-order valence-corrected chi connectivity index (χ3v) is 6.47. The van der Waals surface area contributed by atoms with Crippen molar-refractivity contribution < 1.29 is 9.31 Å². The number of halogens is 1. The topological polar surface area (TPSA) is 18.5 Å². The number of hydrogen-bond acceptors (Lipinski definition) is 2. The second kappa shape index (κ2) is 5.53. The van der Waals surface area contributed by atoms with E-state index in [2.05, 4.69) is 85.2 Å². The summed E-state index contributed by atoms with van der Waals surface area (Å²) in [7, 11) is 2.01. The molecule has 1 saturated heterocycles. The van der Waals surface area contributed by atoms with Crippen LogP contribution in [0.25, 0.3) is 0 Å². The first-order chi connectivity index (χ1) is 8.29.